The molecule has 6 nitrogen and oxygen atoms in total. The summed E-state index contributed by atoms with van der Waals surface area (Å²) in [5, 5.41) is 2.33. The minimum atomic E-state index is 0.794. The zero-order valence-electron chi connectivity index (χ0n) is 23.3. The quantitative estimate of drug-likeness (QED) is 0.179. The van der Waals surface area contributed by atoms with E-state index in [1.807, 2.05) is 73.1 Å². The first-order valence-corrected chi connectivity index (χ1v) is 13.5. The van der Waals surface area contributed by atoms with Gasteiger partial charge in [-0.15, -0.1) is 0 Å². The average molecular weight is 549 g/mol. The van der Waals surface area contributed by atoms with Crippen LogP contribution in [0.3, 0.4) is 0 Å². The highest BCUT2D eigenvalue weighted by atomic mass is 16.5. The molecular weight excluding hydrogens is 520 g/mol. The number of hydrogen-bond donors (Lipinski definition) is 0. The van der Waals surface area contributed by atoms with Crippen LogP contribution < -0.4 is 9.47 Å². The second kappa shape index (κ2) is 12.3. The van der Waals surface area contributed by atoms with Crippen LogP contribution >= 0.6 is 0 Å². The molecule has 0 aliphatic heterocycles. The van der Waals surface area contributed by atoms with Gasteiger partial charge in [0.05, 0.1) is 49.4 Å². The molecule has 0 fully saturated rings. The maximum Gasteiger partial charge on any atom is 0.119 e. The van der Waals surface area contributed by atoms with Crippen molar-refractivity contribution < 1.29 is 9.47 Å². The summed E-state index contributed by atoms with van der Waals surface area (Å²) in [6.07, 6.45) is 7.30. The van der Waals surface area contributed by atoms with Crippen molar-refractivity contribution in [1.29, 1.82) is 0 Å². The van der Waals surface area contributed by atoms with Gasteiger partial charge in [0.1, 0.15) is 11.5 Å². The Morgan fingerprint density at radius 2 is 0.905 bits per heavy atom. The molecule has 0 N–H and O–H groups in total. The van der Waals surface area contributed by atoms with E-state index in [4.69, 9.17) is 9.47 Å². The van der Waals surface area contributed by atoms with E-state index < -0.39 is 0 Å². The third kappa shape index (κ3) is 6.24. The molecule has 6 rings (SSSR count). The second-order valence-corrected chi connectivity index (χ2v) is 9.63. The standard InChI is InChI=1S/C36H28N4O2/c1-41-35-15-11-31(12-16-35)39-23-33-9-7-28(21-37-33)26-5-3-25-4-6-27(20-30(25)19-26)29-8-10-34(38-22-29)24-40-32-13-17-36(42-2)18-14-32/h3-24H,1-2H3. The number of pyridine rings is 2. The van der Waals surface area contributed by atoms with Crippen LogP contribution in [-0.2, 0) is 0 Å². The maximum absolute atomic E-state index is 5.20. The number of rotatable bonds is 8. The lowest BCUT2D eigenvalue weighted by atomic mass is 9.98. The number of benzene rings is 4. The van der Waals surface area contributed by atoms with E-state index in [0.717, 1.165) is 61.9 Å². The minimum Gasteiger partial charge on any atom is -0.497 e. The number of nitrogens with zero attached hydrogens (tertiary/aromatic N) is 4. The molecule has 0 spiro atoms. The molecule has 0 unspecified atom stereocenters. The third-order valence-corrected chi connectivity index (χ3v) is 6.92. The predicted molar refractivity (Wildman–Crippen MR) is 171 cm³/mol. The van der Waals surface area contributed by atoms with Crippen molar-refractivity contribution in [3.63, 3.8) is 0 Å². The molecule has 0 radical (unpaired) electrons. The molecule has 6 aromatic rings. The lowest BCUT2D eigenvalue weighted by molar-refractivity contribution is 0.415. The molecule has 0 bridgehead atoms. The Bertz CT molecular complexity index is 1730. The number of aliphatic imine (C=N–C) groups is 2. The predicted octanol–water partition coefficient (Wildman–Crippen LogP) is 8.48. The fourth-order valence-electron chi connectivity index (χ4n) is 4.53. The Labute approximate surface area is 244 Å². The maximum atomic E-state index is 5.20. The first-order chi connectivity index (χ1) is 20.7. The number of hydrogen-bond acceptors (Lipinski definition) is 6. The van der Waals surface area contributed by atoms with Crippen molar-refractivity contribution in [3.05, 3.63) is 133 Å². The Hall–Kier alpha value is -5.62. The molecule has 0 amide bonds. The summed E-state index contributed by atoms with van der Waals surface area (Å²) in [6.45, 7) is 0. The fourth-order valence-corrected chi connectivity index (χ4v) is 4.53. The van der Waals surface area contributed by atoms with Crippen molar-refractivity contribution in [2.24, 2.45) is 9.98 Å². The fraction of sp³-hybridized carbons (Fsp3) is 0.0556. The molecule has 0 aliphatic rings. The Balaban J connectivity index is 1.17. The summed E-state index contributed by atoms with van der Waals surface area (Å²) >= 11 is 0. The molecule has 0 saturated carbocycles. The molecule has 0 atom stereocenters. The molecule has 4 aromatic carbocycles. The van der Waals surface area contributed by atoms with Crippen molar-refractivity contribution in [2.45, 2.75) is 0 Å². The van der Waals surface area contributed by atoms with Crippen molar-refractivity contribution >= 4 is 34.6 Å². The van der Waals surface area contributed by atoms with E-state index in [-0.39, 0.29) is 0 Å². The smallest absolute Gasteiger partial charge is 0.119 e. The van der Waals surface area contributed by atoms with Crippen LogP contribution in [0.4, 0.5) is 11.4 Å². The van der Waals surface area contributed by atoms with Crippen LogP contribution in [0.5, 0.6) is 11.5 Å². The van der Waals surface area contributed by atoms with Crippen LogP contribution in [0.2, 0.25) is 0 Å². The van der Waals surface area contributed by atoms with Gasteiger partial charge in [-0.3, -0.25) is 20.0 Å². The highest BCUT2D eigenvalue weighted by molar-refractivity contribution is 5.91. The van der Waals surface area contributed by atoms with E-state index in [1.165, 1.54) is 5.39 Å². The van der Waals surface area contributed by atoms with E-state index in [1.54, 1.807) is 26.6 Å². The van der Waals surface area contributed by atoms with E-state index >= 15 is 0 Å². The molecule has 2 heterocycles. The van der Waals surface area contributed by atoms with Gasteiger partial charge in [-0.25, -0.2) is 0 Å². The molecule has 2 aromatic heterocycles. The van der Waals surface area contributed by atoms with Crippen molar-refractivity contribution in [3.8, 4) is 33.8 Å². The summed E-state index contributed by atoms with van der Waals surface area (Å²) in [7, 11) is 3.30. The lowest BCUT2D eigenvalue weighted by Crippen LogP contribution is -1.89. The van der Waals surface area contributed by atoms with Gasteiger partial charge in [-0.05, 0) is 94.7 Å². The lowest BCUT2D eigenvalue weighted by Gasteiger charge is -2.07. The van der Waals surface area contributed by atoms with Gasteiger partial charge >= 0.3 is 0 Å². The highest BCUT2D eigenvalue weighted by Crippen LogP contribution is 2.28. The zero-order chi connectivity index (χ0) is 28.7. The van der Waals surface area contributed by atoms with Gasteiger partial charge in [-0.1, -0.05) is 36.4 Å². The summed E-state index contributed by atoms with van der Waals surface area (Å²) < 4.78 is 10.4. The molecule has 42 heavy (non-hydrogen) atoms. The third-order valence-electron chi connectivity index (χ3n) is 6.92. The highest BCUT2D eigenvalue weighted by Gasteiger charge is 2.05. The Kier molecular flexibility index (Phi) is 7.77. The first kappa shape index (κ1) is 26.6. The largest absolute Gasteiger partial charge is 0.497 e. The summed E-state index contributed by atoms with van der Waals surface area (Å²) in [6, 6.07) is 36.3. The van der Waals surface area contributed by atoms with Gasteiger partial charge in [0.2, 0.25) is 0 Å². The Morgan fingerprint density at radius 1 is 0.476 bits per heavy atom. The Morgan fingerprint density at radius 3 is 1.29 bits per heavy atom. The van der Waals surface area contributed by atoms with Gasteiger partial charge in [0.25, 0.3) is 0 Å². The van der Waals surface area contributed by atoms with Crippen LogP contribution in [-0.4, -0.2) is 36.6 Å². The monoisotopic (exact) mass is 548 g/mol. The topological polar surface area (TPSA) is 69.0 Å². The van der Waals surface area contributed by atoms with Gasteiger partial charge in [0, 0.05) is 23.5 Å². The summed E-state index contributed by atoms with van der Waals surface area (Å²) in [5.74, 6) is 1.61. The number of fused-ring (bicyclic) bond motifs is 1. The van der Waals surface area contributed by atoms with Crippen LogP contribution in [0.1, 0.15) is 11.4 Å². The van der Waals surface area contributed by atoms with Crippen molar-refractivity contribution in [1.82, 2.24) is 9.97 Å². The SMILES string of the molecule is COc1ccc(N=Cc2ccc(-c3ccc4ccc(-c5ccc(C=Nc6ccc(OC)cc6)nc5)cc4c3)cn2)cc1. The average Bonchev–Trinajstić information content (AvgIpc) is 3.07. The van der Waals surface area contributed by atoms with Crippen LogP contribution in [0.25, 0.3) is 33.0 Å². The molecule has 6 heteroatoms. The molecule has 0 aliphatic carbocycles. The first-order valence-electron chi connectivity index (χ1n) is 13.5. The molecular formula is C36H28N4O2. The molecule has 0 saturated heterocycles. The second-order valence-electron chi connectivity index (χ2n) is 9.63. The number of methoxy groups -OCH3 is 2. The molecule has 204 valence electrons. The van der Waals surface area contributed by atoms with Crippen molar-refractivity contribution in [2.75, 3.05) is 14.2 Å². The van der Waals surface area contributed by atoms with E-state index in [9.17, 15) is 0 Å². The summed E-state index contributed by atoms with van der Waals surface area (Å²) in [5.41, 5.74) is 7.59. The van der Waals surface area contributed by atoms with Crippen LogP contribution in [0, 0.1) is 0 Å². The van der Waals surface area contributed by atoms with Crippen LogP contribution in [0.15, 0.2) is 132 Å². The van der Waals surface area contributed by atoms with Gasteiger partial charge in [0.15, 0.2) is 0 Å². The minimum absolute atomic E-state index is 0.794. The van der Waals surface area contributed by atoms with Gasteiger partial charge in [-0.2, -0.15) is 0 Å². The van der Waals surface area contributed by atoms with Gasteiger partial charge < -0.3 is 9.47 Å². The number of ether oxygens (including phenoxy) is 2. The number of aromatic nitrogens is 2. The van der Waals surface area contributed by atoms with E-state index in [0.29, 0.717) is 0 Å². The zero-order valence-corrected chi connectivity index (χ0v) is 23.3. The normalized spacial score (nSPS) is 11.4. The van der Waals surface area contributed by atoms with E-state index in [2.05, 4.69) is 68.5 Å². The summed E-state index contributed by atoms with van der Waals surface area (Å²) in [4.78, 5) is 18.2.